The lowest BCUT2D eigenvalue weighted by atomic mass is 10.1. The van der Waals surface area contributed by atoms with Gasteiger partial charge in [0.1, 0.15) is 21.7 Å². The van der Waals surface area contributed by atoms with Crippen LogP contribution in [0, 0.1) is 11.3 Å². The lowest BCUT2D eigenvalue weighted by molar-refractivity contribution is 0.599. The average molecular weight is 875 g/mol. The molecule has 0 radical (unpaired) electrons. The Kier molecular flexibility index (Phi) is 11.6. The van der Waals surface area contributed by atoms with E-state index < -0.39 is 20.0 Å². The van der Waals surface area contributed by atoms with Gasteiger partial charge in [0.05, 0.1) is 43.9 Å². The van der Waals surface area contributed by atoms with E-state index in [1.807, 2.05) is 6.07 Å². The molecule has 0 bridgehead atoms. The van der Waals surface area contributed by atoms with Crippen LogP contribution < -0.4 is 15.2 Å². The first-order valence-electron chi connectivity index (χ1n) is 15.2. The van der Waals surface area contributed by atoms with Gasteiger partial charge in [-0.15, -0.1) is 0 Å². The van der Waals surface area contributed by atoms with Crippen LogP contribution in [0.1, 0.15) is 5.69 Å². The van der Waals surface area contributed by atoms with Crippen molar-refractivity contribution in [3.63, 3.8) is 0 Å². The summed E-state index contributed by atoms with van der Waals surface area (Å²) in [5, 5.41) is 15.7. The number of anilines is 3. The Bertz CT molecular complexity index is 2840. The smallest absolute Gasteiger partial charge is 0.263 e. The highest BCUT2D eigenvalue weighted by Gasteiger charge is 2.21. The minimum Gasteiger partial charge on any atom is -0.382 e. The van der Waals surface area contributed by atoms with Gasteiger partial charge in [-0.2, -0.15) is 10.4 Å². The van der Waals surface area contributed by atoms with Crippen LogP contribution in [0.2, 0.25) is 25.2 Å². The van der Waals surface area contributed by atoms with Crippen LogP contribution in [0.25, 0.3) is 33.7 Å². The summed E-state index contributed by atoms with van der Waals surface area (Å²) in [4.78, 5) is 16.4. The summed E-state index contributed by atoms with van der Waals surface area (Å²) in [6.45, 7) is 0. The second-order valence-electron chi connectivity index (χ2n) is 11.0. The number of aromatic amines is 1. The summed E-state index contributed by atoms with van der Waals surface area (Å²) in [6, 6.07) is 23.6. The fraction of sp³-hybridized carbons (Fsp3) is 0. The van der Waals surface area contributed by atoms with Crippen LogP contribution in [0.15, 0.2) is 107 Å². The molecule has 3 heterocycles. The molecule has 278 valence electrons. The fourth-order valence-electron chi connectivity index (χ4n) is 4.75. The van der Waals surface area contributed by atoms with Gasteiger partial charge >= 0.3 is 0 Å². The van der Waals surface area contributed by atoms with Gasteiger partial charge in [-0.3, -0.25) is 14.5 Å². The van der Waals surface area contributed by atoms with Crippen molar-refractivity contribution in [1.82, 2.24) is 30.1 Å². The average Bonchev–Trinajstić information content (AvgIpc) is 3.53. The van der Waals surface area contributed by atoms with Crippen molar-refractivity contribution in [2.45, 2.75) is 9.79 Å². The Morgan fingerprint density at radius 2 is 1.13 bits per heavy atom. The van der Waals surface area contributed by atoms with Gasteiger partial charge in [0.25, 0.3) is 20.0 Å². The molecule has 5 N–H and O–H groups in total. The molecule has 21 heteroatoms. The maximum absolute atomic E-state index is 12.6. The third kappa shape index (κ3) is 8.85. The van der Waals surface area contributed by atoms with Crippen molar-refractivity contribution < 1.29 is 16.8 Å². The second-order valence-corrected chi connectivity index (χ2v) is 16.3. The summed E-state index contributed by atoms with van der Waals surface area (Å²) in [5.41, 5.74) is 9.72. The van der Waals surface area contributed by atoms with Crippen LogP contribution in [0.5, 0.6) is 0 Å². The first-order chi connectivity index (χ1) is 26.2. The highest BCUT2D eigenvalue weighted by molar-refractivity contribution is 7.93. The second kappa shape index (κ2) is 16.2. The van der Waals surface area contributed by atoms with Crippen LogP contribution in [0.4, 0.5) is 17.2 Å². The predicted molar refractivity (Wildman–Crippen MR) is 213 cm³/mol. The van der Waals surface area contributed by atoms with Crippen molar-refractivity contribution in [3.8, 4) is 28.6 Å². The van der Waals surface area contributed by atoms with Gasteiger partial charge in [-0.05, 0) is 48.5 Å². The number of halogens is 5. The molecule has 3 aromatic heterocycles. The number of hydrogen-bond donors (Lipinski definition) is 4. The summed E-state index contributed by atoms with van der Waals surface area (Å²) in [5.74, 6) is 0.346. The van der Waals surface area contributed by atoms with E-state index in [0.29, 0.717) is 45.3 Å². The lowest BCUT2D eigenvalue weighted by Crippen LogP contribution is -2.13. The normalized spacial score (nSPS) is 11.3. The van der Waals surface area contributed by atoms with Crippen LogP contribution in [-0.2, 0) is 20.0 Å². The molecule has 0 saturated heterocycles. The number of sulfonamides is 2. The molecule has 55 heavy (non-hydrogen) atoms. The predicted octanol–water partition coefficient (Wildman–Crippen LogP) is 8.49. The van der Waals surface area contributed by atoms with Crippen LogP contribution in [0.3, 0.4) is 0 Å². The van der Waals surface area contributed by atoms with Crippen LogP contribution in [-0.4, -0.2) is 47.0 Å². The van der Waals surface area contributed by atoms with Gasteiger partial charge in [-0.25, -0.2) is 36.8 Å². The molecule has 0 saturated carbocycles. The molecule has 0 aliphatic carbocycles. The molecule has 7 aromatic rings. The molecular weight excluding hydrogens is 854 g/mol. The van der Waals surface area contributed by atoms with Gasteiger partial charge in [-0.1, -0.05) is 94.4 Å². The molecule has 0 spiro atoms. The number of aromatic nitrogens is 6. The van der Waals surface area contributed by atoms with E-state index in [-0.39, 0.29) is 40.7 Å². The Balaban J connectivity index is 0.000000187. The number of nitrogens with zero attached hydrogens (tertiary/aromatic N) is 6. The zero-order chi connectivity index (χ0) is 39.5. The molecule has 0 aliphatic rings. The van der Waals surface area contributed by atoms with Gasteiger partial charge in [0, 0.05) is 22.5 Å². The van der Waals surface area contributed by atoms with E-state index >= 15 is 0 Å². The first-order valence-corrected chi connectivity index (χ1v) is 20.1. The van der Waals surface area contributed by atoms with Gasteiger partial charge in [0.15, 0.2) is 16.4 Å². The van der Waals surface area contributed by atoms with Crippen molar-refractivity contribution in [1.29, 1.82) is 5.26 Å². The van der Waals surface area contributed by atoms with E-state index in [1.54, 1.807) is 54.7 Å². The van der Waals surface area contributed by atoms with E-state index in [2.05, 4.69) is 39.6 Å². The summed E-state index contributed by atoms with van der Waals surface area (Å²) < 4.78 is 55.1. The number of rotatable bonds is 8. The number of nitrogens with two attached hydrogens (primary N) is 1. The molecule has 0 amide bonds. The first kappa shape index (κ1) is 39.4. The molecule has 7 rings (SSSR count). The Morgan fingerprint density at radius 3 is 1.60 bits per heavy atom. The molecule has 0 unspecified atom stereocenters. The van der Waals surface area contributed by atoms with E-state index in [9.17, 15) is 16.8 Å². The third-order valence-electron chi connectivity index (χ3n) is 7.40. The van der Waals surface area contributed by atoms with Crippen molar-refractivity contribution in [3.05, 3.63) is 128 Å². The lowest BCUT2D eigenvalue weighted by Gasteiger charge is -2.11. The Labute approximate surface area is 338 Å². The van der Waals surface area contributed by atoms with Gasteiger partial charge < -0.3 is 5.73 Å². The van der Waals surface area contributed by atoms with E-state index in [0.717, 1.165) is 5.56 Å². The molecule has 14 nitrogen and oxygen atoms in total. The molecule has 0 atom stereocenters. The number of nitriles is 1. The maximum atomic E-state index is 12.6. The minimum atomic E-state index is -3.91. The number of fused-ring (bicyclic) bond motifs is 1. The van der Waals surface area contributed by atoms with Crippen molar-refractivity contribution in [2.75, 3.05) is 15.2 Å². The zero-order valence-electron chi connectivity index (χ0n) is 27.3. The minimum absolute atomic E-state index is 0.00428. The summed E-state index contributed by atoms with van der Waals surface area (Å²) >= 11 is 29.7. The van der Waals surface area contributed by atoms with Gasteiger partial charge in [0.2, 0.25) is 5.65 Å². The fourth-order valence-corrected chi connectivity index (χ4v) is 8.58. The number of H-pyrrole nitrogens is 1. The standard InChI is InChI=1S/C17H9Cl3N4O2S.C17H12Cl2N6O2S/c18-12-2-1-3-15(16(12)19)27(25,26)24-11-6-4-10(5-7-11)14-9-22-13(8-21)17(20)23-14;18-11-2-1-3-13(14(11)19)28(26,27)25-10-6-4-9(5-7-10)12-8-21-15-16(20)23-24-17(15)22-12/h1-7,9,24H;1-8,25H,(H3,20,22,23,24). The maximum Gasteiger partial charge on any atom is 0.263 e. The number of nitrogens with one attached hydrogen (secondary N) is 3. The number of nitrogen functional groups attached to an aromatic ring is 1. The molecule has 4 aromatic carbocycles. The van der Waals surface area contributed by atoms with Crippen molar-refractivity contribution >= 4 is 106 Å². The van der Waals surface area contributed by atoms with Crippen molar-refractivity contribution in [2.24, 2.45) is 0 Å². The molecule has 0 aliphatic heterocycles. The summed E-state index contributed by atoms with van der Waals surface area (Å²) in [7, 11) is -7.80. The third-order valence-corrected chi connectivity index (χ3v) is 12.4. The highest BCUT2D eigenvalue weighted by atomic mass is 35.5. The Morgan fingerprint density at radius 1 is 0.655 bits per heavy atom. The highest BCUT2D eigenvalue weighted by Crippen LogP contribution is 2.32. The van der Waals surface area contributed by atoms with E-state index in [4.69, 9.17) is 69.0 Å². The number of benzene rings is 4. The number of hydrogen-bond acceptors (Lipinski definition) is 11. The largest absolute Gasteiger partial charge is 0.382 e. The quantitative estimate of drug-likeness (QED) is 0.113. The topological polar surface area (TPSA) is 222 Å². The van der Waals surface area contributed by atoms with Crippen LogP contribution >= 0.6 is 58.0 Å². The van der Waals surface area contributed by atoms with E-state index in [1.165, 1.54) is 42.6 Å². The summed E-state index contributed by atoms with van der Waals surface area (Å²) in [6.07, 6.45) is 2.98. The monoisotopic (exact) mass is 872 g/mol. The zero-order valence-corrected chi connectivity index (χ0v) is 32.8. The molecular formula is C34H21Cl5N10O4S2. The SMILES string of the molecule is N#Cc1ncc(-c2ccc(NS(=O)(=O)c3cccc(Cl)c3Cl)cc2)nc1Cl.Nc1[nH]nc2nc(-c3ccc(NS(=O)(=O)c4cccc(Cl)c4Cl)cc3)cnc12. The Hall–Kier alpha value is -5.25. The molecule has 0 fully saturated rings.